The van der Waals surface area contributed by atoms with Gasteiger partial charge in [-0.3, -0.25) is 19.7 Å². The molecule has 0 aliphatic rings. The molecule has 3 aromatic rings. The second-order valence-corrected chi connectivity index (χ2v) is 10.1. The zero-order chi connectivity index (χ0) is 33.6. The second kappa shape index (κ2) is 17.1. The smallest absolute Gasteiger partial charge is 0.336 e. The molecule has 0 saturated carbocycles. The summed E-state index contributed by atoms with van der Waals surface area (Å²) < 4.78 is 11.1. The maximum Gasteiger partial charge on any atom is 0.336 e. The second-order valence-electron chi connectivity index (χ2n) is 10.1. The maximum absolute atomic E-state index is 12.2. The first-order chi connectivity index (χ1) is 21.3. The van der Waals surface area contributed by atoms with Gasteiger partial charge in [-0.2, -0.15) is 0 Å². The van der Waals surface area contributed by atoms with Crippen molar-refractivity contribution in [3.05, 3.63) is 106 Å². The molecule has 0 bridgehead atoms. The maximum atomic E-state index is 12.2. The molecule has 3 rings (SSSR count). The van der Waals surface area contributed by atoms with Gasteiger partial charge in [0.05, 0.1) is 42.6 Å². The molecule has 0 unspecified atom stereocenters. The molecular weight excluding hydrogens is 588 g/mol. The average molecular weight is 625 g/mol. The Kier molecular flexibility index (Phi) is 13.7. The van der Waals surface area contributed by atoms with Crippen molar-refractivity contribution in [2.24, 2.45) is 0 Å². The van der Waals surface area contributed by atoms with E-state index in [0.29, 0.717) is 23.5 Å². The Hall–Kier alpha value is -5.27. The minimum atomic E-state index is -2.74. The van der Waals surface area contributed by atoms with Gasteiger partial charge in [-0.1, -0.05) is 42.5 Å². The highest BCUT2D eigenvalue weighted by Crippen LogP contribution is 2.34. The topological polar surface area (TPSA) is 197 Å². The molecule has 0 amide bonds. The zero-order valence-corrected chi connectivity index (χ0v) is 25.1. The Bertz CT molecular complexity index is 1450. The first-order valence-electron chi connectivity index (χ1n) is 13.6. The molecule has 4 N–H and O–H groups in total. The lowest BCUT2D eigenvalue weighted by Gasteiger charge is -2.18. The lowest BCUT2D eigenvalue weighted by atomic mass is 9.93. The number of ether oxygens (including phenoxy) is 2. The summed E-state index contributed by atoms with van der Waals surface area (Å²) in [7, 11) is 5.65. The molecule has 0 spiro atoms. The third kappa shape index (κ3) is 11.4. The minimum Gasteiger partial charge on any atom is -0.497 e. The van der Waals surface area contributed by atoms with E-state index in [-0.39, 0.29) is 10.6 Å². The molecule has 13 heteroatoms. The quantitative estimate of drug-likeness (QED) is 0.0823. The predicted octanol–water partition coefficient (Wildman–Crippen LogP) is 3.97. The molecule has 0 radical (unpaired) electrons. The summed E-state index contributed by atoms with van der Waals surface area (Å²) in [5.41, 5.74) is -0.115. The number of aliphatic carboxylic acids is 3. The van der Waals surface area contributed by atoms with Crippen LogP contribution >= 0.6 is 0 Å². The molecule has 3 aromatic carbocycles. The van der Waals surface area contributed by atoms with E-state index >= 15 is 0 Å². The Labute approximate surface area is 259 Å². The molecule has 0 aliphatic heterocycles. The van der Waals surface area contributed by atoms with E-state index in [9.17, 15) is 24.5 Å². The van der Waals surface area contributed by atoms with Gasteiger partial charge in [0, 0.05) is 6.54 Å². The average Bonchev–Trinajstić information content (AvgIpc) is 2.98. The largest absolute Gasteiger partial charge is 0.497 e. The summed E-state index contributed by atoms with van der Waals surface area (Å²) in [6, 6.07) is 23.7. The van der Waals surface area contributed by atoms with E-state index in [2.05, 4.69) is 4.90 Å². The lowest BCUT2D eigenvalue weighted by Crippen LogP contribution is -2.42. The zero-order valence-electron chi connectivity index (χ0n) is 25.1. The Morgan fingerprint density at radius 3 is 1.69 bits per heavy atom. The Morgan fingerprint density at radius 2 is 1.29 bits per heavy atom. The van der Waals surface area contributed by atoms with Crippen LogP contribution in [0.2, 0.25) is 0 Å². The van der Waals surface area contributed by atoms with Crippen molar-refractivity contribution in [1.29, 1.82) is 0 Å². The highest BCUT2D eigenvalue weighted by molar-refractivity contribution is 5.95. The van der Waals surface area contributed by atoms with Gasteiger partial charge < -0.3 is 34.8 Å². The third-order valence-electron chi connectivity index (χ3n) is 6.29. The van der Waals surface area contributed by atoms with Crippen LogP contribution in [-0.4, -0.2) is 88.1 Å². The van der Waals surface area contributed by atoms with E-state index in [1.54, 1.807) is 43.5 Å². The number of nitrogens with zero attached hydrogens (tertiary/aromatic N) is 2. The number of methoxy groups -OCH3 is 1. The van der Waals surface area contributed by atoms with Crippen LogP contribution in [0, 0.1) is 10.1 Å². The van der Waals surface area contributed by atoms with Gasteiger partial charge in [0.2, 0.25) is 0 Å². The van der Waals surface area contributed by atoms with Crippen LogP contribution in [-0.2, 0) is 14.4 Å². The molecular formula is C32H36N2O11. The Balaban J connectivity index is 0.000000459. The number of rotatable bonds is 15. The fraction of sp³-hybridized carbons (Fsp3) is 0.281. The van der Waals surface area contributed by atoms with Crippen LogP contribution in [0.15, 0.2) is 78.9 Å². The molecule has 0 fully saturated rings. The summed E-state index contributed by atoms with van der Waals surface area (Å²) >= 11 is 0. The van der Waals surface area contributed by atoms with Gasteiger partial charge in [0.1, 0.15) is 11.5 Å². The summed E-state index contributed by atoms with van der Waals surface area (Å²) in [6.45, 7) is 1.56. The summed E-state index contributed by atoms with van der Waals surface area (Å²) in [6.07, 6.45) is -1.37. The number of carboxylic acids is 3. The molecule has 13 nitrogen and oxygen atoms in total. The first kappa shape index (κ1) is 35.9. The van der Waals surface area contributed by atoms with E-state index in [1.165, 1.54) is 0 Å². The fourth-order valence-corrected chi connectivity index (χ4v) is 4.14. The van der Waals surface area contributed by atoms with Crippen LogP contribution in [0.3, 0.4) is 0 Å². The van der Waals surface area contributed by atoms with Gasteiger partial charge >= 0.3 is 17.9 Å². The van der Waals surface area contributed by atoms with E-state index in [4.69, 9.17) is 29.9 Å². The van der Waals surface area contributed by atoms with Crippen LogP contribution < -0.4 is 9.47 Å². The molecule has 0 atom stereocenters. The number of hydrogen-bond donors (Lipinski definition) is 4. The summed E-state index contributed by atoms with van der Waals surface area (Å²) in [4.78, 5) is 44.5. The molecule has 0 aliphatic carbocycles. The van der Waals surface area contributed by atoms with Gasteiger partial charge in [-0.15, -0.1) is 0 Å². The first-order valence-corrected chi connectivity index (χ1v) is 13.6. The standard InChI is InChI=1S/C26H28N2O4.C6H8O7/c1-27(2)18-7-19-32-24-16-12-21(13-17-24)25(20-10-14-23(31-3)15-11-20)26(28(29)30)22-8-5-4-6-9-22;7-3(8)1-6(13,5(11)12)2-4(9)10/h4-6,8-17H,7,18-19H2,1-3H3;13H,1-2H2,(H,7,8)(H,9,10)(H,11,12). The van der Waals surface area contributed by atoms with Gasteiger partial charge in [0.15, 0.2) is 5.60 Å². The number of carbonyl (C=O) groups is 3. The number of aliphatic hydroxyl groups is 1. The molecule has 0 aromatic heterocycles. The van der Waals surface area contributed by atoms with Gasteiger partial charge in [-0.05, 0) is 68.0 Å². The predicted molar refractivity (Wildman–Crippen MR) is 165 cm³/mol. The normalized spacial score (nSPS) is 11.5. The monoisotopic (exact) mass is 624 g/mol. The SMILES string of the molecule is COc1ccc(C(=C(c2ccccc2)[N+](=O)[O-])c2ccc(OCCCN(C)C)cc2)cc1.O=C(O)CC(O)(CC(=O)O)C(=O)O. The number of benzene rings is 3. The van der Waals surface area contributed by atoms with E-state index in [1.807, 2.05) is 56.6 Å². The third-order valence-corrected chi connectivity index (χ3v) is 6.29. The summed E-state index contributed by atoms with van der Waals surface area (Å²) in [5, 5.41) is 46.0. The van der Waals surface area contributed by atoms with Crippen molar-refractivity contribution in [3.63, 3.8) is 0 Å². The van der Waals surface area contributed by atoms with Crippen molar-refractivity contribution >= 4 is 29.2 Å². The molecule has 45 heavy (non-hydrogen) atoms. The molecule has 0 heterocycles. The van der Waals surface area contributed by atoms with Crippen molar-refractivity contribution < 1.29 is 49.2 Å². The van der Waals surface area contributed by atoms with Gasteiger partial charge in [0.25, 0.3) is 5.70 Å². The highest BCUT2D eigenvalue weighted by atomic mass is 16.6. The van der Waals surface area contributed by atoms with Gasteiger partial charge in [-0.25, -0.2) is 4.79 Å². The van der Waals surface area contributed by atoms with Crippen LogP contribution in [0.4, 0.5) is 0 Å². The van der Waals surface area contributed by atoms with Crippen molar-refractivity contribution in [1.82, 2.24) is 4.90 Å². The molecule has 0 saturated heterocycles. The minimum absolute atomic E-state index is 0.0513. The fourth-order valence-electron chi connectivity index (χ4n) is 4.14. The number of nitro groups is 1. The molecule has 240 valence electrons. The van der Waals surface area contributed by atoms with Crippen LogP contribution in [0.25, 0.3) is 11.3 Å². The van der Waals surface area contributed by atoms with Crippen LogP contribution in [0.5, 0.6) is 11.5 Å². The van der Waals surface area contributed by atoms with Crippen LogP contribution in [0.1, 0.15) is 36.0 Å². The van der Waals surface area contributed by atoms with Crippen molar-refractivity contribution in [2.45, 2.75) is 24.9 Å². The summed E-state index contributed by atoms with van der Waals surface area (Å²) in [5.74, 6) is -3.59. The number of hydrogen-bond acceptors (Lipinski definition) is 9. The highest BCUT2D eigenvalue weighted by Gasteiger charge is 2.40. The van der Waals surface area contributed by atoms with E-state index in [0.717, 1.165) is 29.8 Å². The number of carboxylic acid groups (broad SMARTS) is 3. The Morgan fingerprint density at radius 1 is 0.800 bits per heavy atom. The lowest BCUT2D eigenvalue weighted by molar-refractivity contribution is -0.374. The van der Waals surface area contributed by atoms with Crippen molar-refractivity contribution in [3.8, 4) is 11.5 Å². The van der Waals surface area contributed by atoms with Crippen molar-refractivity contribution in [2.75, 3.05) is 34.4 Å². The van der Waals surface area contributed by atoms with E-state index < -0.39 is 36.4 Å².